The third kappa shape index (κ3) is 3.34. The first-order valence-electron chi connectivity index (χ1n) is 6.36. The Kier molecular flexibility index (Phi) is 4.70. The Morgan fingerprint density at radius 2 is 1.95 bits per heavy atom. The summed E-state index contributed by atoms with van der Waals surface area (Å²) in [7, 11) is 1.63. The molecule has 0 aliphatic rings. The van der Waals surface area contributed by atoms with E-state index in [0.717, 1.165) is 23.6 Å². The minimum atomic E-state index is 0.390. The number of benzene rings is 1. The maximum atomic E-state index is 10.7. The van der Waals surface area contributed by atoms with E-state index in [-0.39, 0.29) is 0 Å². The Morgan fingerprint density at radius 3 is 2.55 bits per heavy atom. The van der Waals surface area contributed by atoms with Gasteiger partial charge >= 0.3 is 0 Å². The van der Waals surface area contributed by atoms with Crippen LogP contribution in [0.25, 0.3) is 0 Å². The molecule has 0 atom stereocenters. The zero-order chi connectivity index (χ0) is 14.4. The van der Waals surface area contributed by atoms with E-state index in [0.29, 0.717) is 25.1 Å². The van der Waals surface area contributed by atoms with Gasteiger partial charge in [-0.3, -0.25) is 4.79 Å². The largest absolute Gasteiger partial charge is 0.497 e. The second kappa shape index (κ2) is 6.70. The van der Waals surface area contributed by atoms with E-state index in [1.807, 2.05) is 31.2 Å². The molecule has 1 heterocycles. The molecular weight excluding hydrogens is 258 g/mol. The molecule has 0 radical (unpaired) electrons. The number of carbonyl (C=O) groups is 1. The van der Waals surface area contributed by atoms with Crippen molar-refractivity contribution in [2.24, 2.45) is 0 Å². The van der Waals surface area contributed by atoms with Crippen LogP contribution in [0.2, 0.25) is 0 Å². The van der Waals surface area contributed by atoms with Gasteiger partial charge in [-0.2, -0.15) is 0 Å². The SMILES string of the molecule is COc1ccc(OCCCn2nnc(C=O)c2C)cc1. The summed E-state index contributed by atoms with van der Waals surface area (Å²) in [6, 6.07) is 7.44. The Morgan fingerprint density at radius 1 is 1.25 bits per heavy atom. The number of carbonyl (C=O) groups excluding carboxylic acids is 1. The maximum Gasteiger partial charge on any atom is 0.172 e. The monoisotopic (exact) mass is 275 g/mol. The molecular formula is C14H17N3O3. The fourth-order valence-corrected chi connectivity index (χ4v) is 1.77. The van der Waals surface area contributed by atoms with Crippen LogP contribution in [0.3, 0.4) is 0 Å². The van der Waals surface area contributed by atoms with Crippen LogP contribution in [0.1, 0.15) is 22.6 Å². The first-order chi connectivity index (χ1) is 9.74. The molecule has 6 nitrogen and oxygen atoms in total. The van der Waals surface area contributed by atoms with Crippen LogP contribution in [-0.2, 0) is 6.54 Å². The Labute approximate surface area is 117 Å². The lowest BCUT2D eigenvalue weighted by atomic mass is 10.3. The summed E-state index contributed by atoms with van der Waals surface area (Å²) >= 11 is 0. The van der Waals surface area contributed by atoms with Gasteiger partial charge in [0, 0.05) is 13.0 Å². The summed E-state index contributed by atoms with van der Waals surface area (Å²) < 4.78 is 12.4. The average molecular weight is 275 g/mol. The van der Waals surface area contributed by atoms with Gasteiger partial charge in [0.1, 0.15) is 17.2 Å². The third-order valence-corrected chi connectivity index (χ3v) is 2.97. The number of hydrogen-bond acceptors (Lipinski definition) is 5. The predicted molar refractivity (Wildman–Crippen MR) is 73.3 cm³/mol. The molecule has 0 aliphatic carbocycles. The highest BCUT2D eigenvalue weighted by molar-refractivity contribution is 5.72. The van der Waals surface area contributed by atoms with Gasteiger partial charge < -0.3 is 9.47 Å². The second-order valence-electron chi connectivity index (χ2n) is 4.28. The molecule has 0 amide bonds. The molecule has 1 aromatic heterocycles. The van der Waals surface area contributed by atoms with E-state index in [1.165, 1.54) is 0 Å². The Bertz CT molecular complexity index is 564. The van der Waals surface area contributed by atoms with Crippen molar-refractivity contribution >= 4 is 6.29 Å². The van der Waals surface area contributed by atoms with Gasteiger partial charge in [-0.1, -0.05) is 5.21 Å². The van der Waals surface area contributed by atoms with Crippen LogP contribution in [0.15, 0.2) is 24.3 Å². The molecule has 0 unspecified atom stereocenters. The van der Waals surface area contributed by atoms with E-state index in [9.17, 15) is 4.79 Å². The summed E-state index contributed by atoms with van der Waals surface area (Å²) in [5.74, 6) is 1.60. The number of ether oxygens (including phenoxy) is 2. The Hall–Kier alpha value is -2.37. The fraction of sp³-hybridized carbons (Fsp3) is 0.357. The average Bonchev–Trinajstić information content (AvgIpc) is 2.84. The highest BCUT2D eigenvalue weighted by Gasteiger charge is 2.06. The molecule has 0 fully saturated rings. The first kappa shape index (κ1) is 14.0. The van der Waals surface area contributed by atoms with Crippen molar-refractivity contribution in [2.75, 3.05) is 13.7 Å². The smallest absolute Gasteiger partial charge is 0.172 e. The van der Waals surface area contributed by atoms with E-state index in [2.05, 4.69) is 10.3 Å². The van der Waals surface area contributed by atoms with Crippen LogP contribution in [0.5, 0.6) is 11.5 Å². The van der Waals surface area contributed by atoms with E-state index < -0.39 is 0 Å². The topological polar surface area (TPSA) is 66.2 Å². The summed E-state index contributed by atoms with van der Waals surface area (Å²) in [6.45, 7) is 3.07. The van der Waals surface area contributed by atoms with Gasteiger partial charge in [0.15, 0.2) is 6.29 Å². The number of aryl methyl sites for hydroxylation is 1. The number of rotatable bonds is 7. The van der Waals surface area contributed by atoms with Crippen molar-refractivity contribution in [1.29, 1.82) is 0 Å². The zero-order valence-electron chi connectivity index (χ0n) is 11.6. The number of aldehydes is 1. The molecule has 20 heavy (non-hydrogen) atoms. The van der Waals surface area contributed by atoms with Crippen molar-refractivity contribution in [3.05, 3.63) is 35.7 Å². The second-order valence-corrected chi connectivity index (χ2v) is 4.28. The van der Waals surface area contributed by atoms with Crippen LogP contribution in [-0.4, -0.2) is 35.0 Å². The van der Waals surface area contributed by atoms with Gasteiger partial charge in [0.05, 0.1) is 19.4 Å². The third-order valence-electron chi connectivity index (χ3n) is 2.97. The molecule has 0 saturated heterocycles. The Balaban J connectivity index is 1.78. The summed E-state index contributed by atoms with van der Waals surface area (Å²) in [6.07, 6.45) is 1.50. The van der Waals surface area contributed by atoms with E-state index >= 15 is 0 Å². The molecule has 0 N–H and O–H groups in total. The fourth-order valence-electron chi connectivity index (χ4n) is 1.77. The molecule has 2 rings (SSSR count). The molecule has 1 aromatic carbocycles. The van der Waals surface area contributed by atoms with Crippen molar-refractivity contribution in [3.63, 3.8) is 0 Å². The minimum absolute atomic E-state index is 0.390. The molecule has 0 bridgehead atoms. The molecule has 0 spiro atoms. The summed E-state index contributed by atoms with van der Waals surface area (Å²) in [5.41, 5.74) is 1.17. The van der Waals surface area contributed by atoms with Gasteiger partial charge in [-0.15, -0.1) is 5.10 Å². The zero-order valence-corrected chi connectivity index (χ0v) is 11.6. The van der Waals surface area contributed by atoms with Gasteiger partial charge in [0.25, 0.3) is 0 Å². The van der Waals surface area contributed by atoms with Crippen LogP contribution < -0.4 is 9.47 Å². The highest BCUT2D eigenvalue weighted by atomic mass is 16.5. The summed E-state index contributed by atoms with van der Waals surface area (Å²) in [4.78, 5) is 10.7. The standard InChI is InChI=1S/C14H17N3O3/c1-11-14(10-18)15-16-17(11)8-3-9-20-13-6-4-12(19-2)5-7-13/h4-7,10H,3,8-9H2,1-2H3. The number of hydrogen-bond donors (Lipinski definition) is 0. The van der Waals surface area contributed by atoms with Crippen LogP contribution in [0.4, 0.5) is 0 Å². The van der Waals surface area contributed by atoms with Crippen molar-refractivity contribution in [3.8, 4) is 11.5 Å². The van der Waals surface area contributed by atoms with E-state index in [1.54, 1.807) is 11.8 Å². The van der Waals surface area contributed by atoms with Gasteiger partial charge in [-0.05, 0) is 31.2 Å². The number of nitrogens with zero attached hydrogens (tertiary/aromatic N) is 3. The quantitative estimate of drug-likeness (QED) is 0.570. The van der Waals surface area contributed by atoms with Gasteiger partial charge in [0.2, 0.25) is 0 Å². The maximum absolute atomic E-state index is 10.7. The van der Waals surface area contributed by atoms with E-state index in [4.69, 9.17) is 9.47 Å². The number of aromatic nitrogens is 3. The predicted octanol–water partition coefficient (Wildman–Crippen LogP) is 1.88. The molecule has 0 aliphatic heterocycles. The molecule has 106 valence electrons. The molecule has 2 aromatic rings. The van der Waals surface area contributed by atoms with Crippen molar-refractivity contribution in [1.82, 2.24) is 15.0 Å². The highest BCUT2D eigenvalue weighted by Crippen LogP contribution is 2.17. The lowest BCUT2D eigenvalue weighted by Gasteiger charge is -2.07. The lowest BCUT2D eigenvalue weighted by molar-refractivity contribution is 0.111. The molecule has 0 saturated carbocycles. The van der Waals surface area contributed by atoms with Crippen LogP contribution in [0, 0.1) is 6.92 Å². The lowest BCUT2D eigenvalue weighted by Crippen LogP contribution is -2.07. The number of methoxy groups -OCH3 is 1. The van der Waals surface area contributed by atoms with Crippen molar-refractivity contribution < 1.29 is 14.3 Å². The normalized spacial score (nSPS) is 10.3. The van der Waals surface area contributed by atoms with Crippen LogP contribution >= 0.6 is 0 Å². The summed E-state index contributed by atoms with van der Waals surface area (Å²) in [5, 5.41) is 7.70. The van der Waals surface area contributed by atoms with Crippen molar-refractivity contribution in [2.45, 2.75) is 19.9 Å². The molecule has 6 heteroatoms. The first-order valence-corrected chi connectivity index (χ1v) is 6.36. The minimum Gasteiger partial charge on any atom is -0.497 e. The van der Waals surface area contributed by atoms with Gasteiger partial charge in [-0.25, -0.2) is 4.68 Å².